The van der Waals surface area contributed by atoms with Gasteiger partial charge in [0.25, 0.3) is 0 Å². The van der Waals surface area contributed by atoms with E-state index in [2.05, 4.69) is 26.1 Å². The van der Waals surface area contributed by atoms with Gasteiger partial charge in [-0.25, -0.2) is 4.79 Å². The Morgan fingerprint density at radius 3 is 3.05 bits per heavy atom. The highest BCUT2D eigenvalue weighted by Crippen LogP contribution is 2.43. The average molecular weight is 376 g/mol. The monoisotopic (exact) mass is 374 g/mol. The summed E-state index contributed by atoms with van der Waals surface area (Å²) in [6.07, 6.45) is 0.777. The Bertz CT molecular complexity index is 569. The number of carbonyl (C=O) groups is 1. The first-order valence-corrected chi connectivity index (χ1v) is 8.07. The van der Waals surface area contributed by atoms with Crippen LogP contribution in [0.4, 0.5) is 4.79 Å². The fraction of sp³-hybridized carbons (Fsp3) is 0.500. The Labute approximate surface area is 136 Å². The van der Waals surface area contributed by atoms with Gasteiger partial charge in [0, 0.05) is 46.7 Å². The molecule has 1 aromatic rings. The molecule has 1 amide bonds. The van der Waals surface area contributed by atoms with Crippen LogP contribution in [0.2, 0.25) is 5.02 Å². The third-order valence-electron chi connectivity index (χ3n) is 4.03. The van der Waals surface area contributed by atoms with Gasteiger partial charge in [-0.1, -0.05) is 27.5 Å². The zero-order chi connectivity index (χ0) is 15.0. The molecule has 0 bridgehead atoms. The molecule has 2 heterocycles. The smallest absolute Gasteiger partial charge is 0.404 e. The van der Waals surface area contributed by atoms with E-state index in [1.807, 2.05) is 12.1 Å². The SMILES string of the molecule is O=C(O)N[C@@H]1CCN([C@H]2CCOc3cc(Cl)cc(Br)c32)C1. The summed E-state index contributed by atoms with van der Waals surface area (Å²) in [7, 11) is 0. The molecular weight excluding hydrogens is 360 g/mol. The number of rotatable bonds is 2. The molecule has 0 aliphatic carbocycles. The average Bonchev–Trinajstić information content (AvgIpc) is 2.85. The molecule has 2 atom stereocenters. The number of hydrogen-bond acceptors (Lipinski definition) is 3. The molecule has 0 radical (unpaired) electrons. The molecule has 1 aromatic carbocycles. The highest BCUT2D eigenvalue weighted by molar-refractivity contribution is 9.10. The van der Waals surface area contributed by atoms with E-state index in [0.29, 0.717) is 11.6 Å². The van der Waals surface area contributed by atoms with Crippen molar-refractivity contribution in [1.29, 1.82) is 0 Å². The van der Waals surface area contributed by atoms with Crippen molar-refractivity contribution in [2.75, 3.05) is 19.7 Å². The molecule has 2 aliphatic rings. The Hall–Kier alpha value is -0.980. The van der Waals surface area contributed by atoms with E-state index in [4.69, 9.17) is 21.4 Å². The van der Waals surface area contributed by atoms with E-state index in [1.54, 1.807) is 0 Å². The Balaban J connectivity index is 1.81. The number of carboxylic acid groups (broad SMARTS) is 1. The second-order valence-electron chi connectivity index (χ2n) is 5.38. The van der Waals surface area contributed by atoms with Crippen LogP contribution in [0, 0.1) is 0 Å². The number of nitrogens with zero attached hydrogens (tertiary/aromatic N) is 1. The predicted octanol–water partition coefficient (Wildman–Crippen LogP) is 3.27. The van der Waals surface area contributed by atoms with Gasteiger partial charge < -0.3 is 15.2 Å². The highest BCUT2D eigenvalue weighted by atomic mass is 79.9. The predicted molar refractivity (Wildman–Crippen MR) is 83.1 cm³/mol. The van der Waals surface area contributed by atoms with Crippen LogP contribution in [0.15, 0.2) is 16.6 Å². The van der Waals surface area contributed by atoms with Crippen LogP contribution in [-0.2, 0) is 0 Å². The minimum absolute atomic E-state index is 0.000120. The summed E-state index contributed by atoms with van der Waals surface area (Å²) in [5.41, 5.74) is 1.11. The third kappa shape index (κ3) is 3.12. The van der Waals surface area contributed by atoms with Gasteiger partial charge in [0.15, 0.2) is 0 Å². The summed E-state index contributed by atoms with van der Waals surface area (Å²) in [6.45, 7) is 2.26. The highest BCUT2D eigenvalue weighted by Gasteiger charge is 2.34. The maximum Gasteiger partial charge on any atom is 0.404 e. The Morgan fingerprint density at radius 1 is 1.48 bits per heavy atom. The van der Waals surface area contributed by atoms with Crippen molar-refractivity contribution >= 4 is 33.6 Å². The lowest BCUT2D eigenvalue weighted by Gasteiger charge is -2.34. The lowest BCUT2D eigenvalue weighted by molar-refractivity contribution is 0.159. The van der Waals surface area contributed by atoms with E-state index >= 15 is 0 Å². The summed E-state index contributed by atoms with van der Waals surface area (Å²) in [6, 6.07) is 3.96. The van der Waals surface area contributed by atoms with Gasteiger partial charge in [0.1, 0.15) is 5.75 Å². The molecule has 0 aromatic heterocycles. The van der Waals surface area contributed by atoms with Crippen LogP contribution in [0.1, 0.15) is 24.4 Å². The number of amides is 1. The molecule has 2 N–H and O–H groups in total. The second-order valence-corrected chi connectivity index (χ2v) is 6.67. The van der Waals surface area contributed by atoms with Gasteiger partial charge in [-0.3, -0.25) is 4.90 Å². The number of ether oxygens (including phenoxy) is 1. The van der Waals surface area contributed by atoms with Gasteiger partial charge >= 0.3 is 6.09 Å². The molecule has 0 spiro atoms. The summed E-state index contributed by atoms with van der Waals surface area (Å²) in [4.78, 5) is 13.1. The summed E-state index contributed by atoms with van der Waals surface area (Å²) < 4.78 is 6.66. The maximum atomic E-state index is 10.8. The number of benzene rings is 1. The van der Waals surface area contributed by atoms with Gasteiger partial charge in [-0.05, 0) is 18.6 Å². The lowest BCUT2D eigenvalue weighted by atomic mass is 9.99. The largest absolute Gasteiger partial charge is 0.493 e. The van der Waals surface area contributed by atoms with Crippen LogP contribution in [0.25, 0.3) is 0 Å². The topological polar surface area (TPSA) is 61.8 Å². The Kier molecular flexibility index (Phi) is 4.28. The van der Waals surface area contributed by atoms with E-state index in [0.717, 1.165) is 41.7 Å². The van der Waals surface area contributed by atoms with E-state index in [1.165, 1.54) is 0 Å². The van der Waals surface area contributed by atoms with Crippen molar-refractivity contribution in [3.8, 4) is 5.75 Å². The molecule has 2 aliphatic heterocycles. The lowest BCUT2D eigenvalue weighted by Crippen LogP contribution is -2.38. The molecule has 5 nitrogen and oxygen atoms in total. The second kappa shape index (κ2) is 6.02. The summed E-state index contributed by atoms with van der Waals surface area (Å²) in [5, 5.41) is 12.0. The first-order chi connectivity index (χ1) is 10.0. The molecule has 7 heteroatoms. The third-order valence-corrected chi connectivity index (χ3v) is 4.90. The van der Waals surface area contributed by atoms with Gasteiger partial charge in [-0.2, -0.15) is 0 Å². The first-order valence-electron chi connectivity index (χ1n) is 6.90. The van der Waals surface area contributed by atoms with Crippen molar-refractivity contribution in [1.82, 2.24) is 10.2 Å². The van der Waals surface area contributed by atoms with Gasteiger partial charge in [0.05, 0.1) is 6.61 Å². The van der Waals surface area contributed by atoms with Crippen LogP contribution < -0.4 is 10.1 Å². The molecule has 0 unspecified atom stereocenters. The Morgan fingerprint density at radius 2 is 2.29 bits per heavy atom. The molecule has 3 rings (SSSR count). The minimum Gasteiger partial charge on any atom is -0.493 e. The maximum absolute atomic E-state index is 10.8. The van der Waals surface area contributed by atoms with Crippen molar-refractivity contribution in [2.24, 2.45) is 0 Å². The van der Waals surface area contributed by atoms with E-state index < -0.39 is 6.09 Å². The van der Waals surface area contributed by atoms with Crippen LogP contribution in [0.3, 0.4) is 0 Å². The molecule has 114 valence electrons. The van der Waals surface area contributed by atoms with Crippen LogP contribution in [0.5, 0.6) is 5.75 Å². The van der Waals surface area contributed by atoms with Gasteiger partial charge in [0.2, 0.25) is 0 Å². The molecule has 1 fully saturated rings. The van der Waals surface area contributed by atoms with E-state index in [9.17, 15) is 4.79 Å². The van der Waals surface area contributed by atoms with Gasteiger partial charge in [-0.15, -0.1) is 0 Å². The zero-order valence-corrected chi connectivity index (χ0v) is 13.7. The number of hydrogen-bond donors (Lipinski definition) is 2. The molecule has 21 heavy (non-hydrogen) atoms. The number of nitrogens with one attached hydrogen (secondary N) is 1. The molecular formula is C14H16BrClN2O3. The van der Waals surface area contributed by atoms with E-state index in [-0.39, 0.29) is 12.1 Å². The number of likely N-dealkylation sites (tertiary alicyclic amines) is 1. The zero-order valence-electron chi connectivity index (χ0n) is 11.3. The van der Waals surface area contributed by atoms with Crippen molar-refractivity contribution in [3.63, 3.8) is 0 Å². The molecule has 1 saturated heterocycles. The van der Waals surface area contributed by atoms with Crippen molar-refractivity contribution in [3.05, 3.63) is 27.2 Å². The van der Waals surface area contributed by atoms with Crippen molar-refractivity contribution < 1.29 is 14.6 Å². The number of halogens is 2. The minimum atomic E-state index is -0.956. The normalized spacial score (nSPS) is 25.2. The summed E-state index contributed by atoms with van der Waals surface area (Å²) in [5.74, 6) is 0.820. The fourth-order valence-corrected chi connectivity index (χ4v) is 4.20. The number of fused-ring (bicyclic) bond motifs is 1. The summed E-state index contributed by atoms with van der Waals surface area (Å²) >= 11 is 9.65. The standard InChI is InChI=1S/C14H16BrClN2O3/c15-10-5-8(16)6-12-13(10)11(2-4-21-12)18-3-1-9(7-18)17-14(19)20/h5-6,9,11,17H,1-4,7H2,(H,19,20)/t9-,11+/m1/s1. The fourth-order valence-electron chi connectivity index (χ4n) is 3.16. The first kappa shape index (κ1) is 14.9. The van der Waals surface area contributed by atoms with Crippen molar-refractivity contribution in [2.45, 2.75) is 24.9 Å². The molecule has 0 saturated carbocycles. The quantitative estimate of drug-likeness (QED) is 0.833. The van der Waals surface area contributed by atoms with Crippen LogP contribution in [-0.4, -0.2) is 41.8 Å². The van der Waals surface area contributed by atoms with Crippen LogP contribution >= 0.6 is 27.5 Å².